The number of rotatable bonds is 1. The van der Waals surface area contributed by atoms with E-state index in [2.05, 4.69) is 43.4 Å². The molecule has 2 heterocycles. The zero-order chi connectivity index (χ0) is 11.9. The number of hydrogen-bond acceptors (Lipinski definition) is 2. The van der Waals surface area contributed by atoms with Crippen LogP contribution in [0.1, 0.15) is 32.5 Å². The highest BCUT2D eigenvalue weighted by molar-refractivity contribution is 5.82. The number of fused-ring (bicyclic) bond motifs is 1. The van der Waals surface area contributed by atoms with E-state index < -0.39 is 0 Å². The quantitative estimate of drug-likeness (QED) is 0.798. The highest BCUT2D eigenvalue weighted by atomic mass is 15.1. The third-order valence-electron chi connectivity index (χ3n) is 3.02. The van der Waals surface area contributed by atoms with Gasteiger partial charge in [0, 0.05) is 24.0 Å². The molecule has 1 atom stereocenters. The van der Waals surface area contributed by atoms with Crippen LogP contribution in [0.25, 0.3) is 10.9 Å². The molecule has 0 fully saturated rings. The Kier molecular flexibility index (Phi) is 2.50. The molecular formula is C13H19N3. The average Bonchev–Trinajstić information content (AvgIpc) is 2.55. The van der Waals surface area contributed by atoms with Crippen molar-refractivity contribution < 1.29 is 0 Å². The number of hydrogen-bond donors (Lipinski definition) is 1. The Balaban J connectivity index is 2.62. The number of pyridine rings is 1. The fourth-order valence-electron chi connectivity index (χ4n) is 1.91. The van der Waals surface area contributed by atoms with Crippen molar-refractivity contribution in [1.82, 2.24) is 9.55 Å². The minimum Gasteiger partial charge on any atom is -0.331 e. The fraction of sp³-hybridized carbons (Fsp3) is 0.462. The Bertz CT molecular complexity index is 505. The summed E-state index contributed by atoms with van der Waals surface area (Å²) in [5, 5.41) is 1.18. The smallest absolute Gasteiger partial charge is 0.0863 e. The zero-order valence-electron chi connectivity index (χ0n) is 10.4. The first-order valence-corrected chi connectivity index (χ1v) is 5.58. The first-order valence-electron chi connectivity index (χ1n) is 5.58. The van der Waals surface area contributed by atoms with Gasteiger partial charge in [0.2, 0.25) is 0 Å². The summed E-state index contributed by atoms with van der Waals surface area (Å²) in [6.45, 7) is 8.55. The van der Waals surface area contributed by atoms with Crippen LogP contribution in [-0.4, -0.2) is 9.55 Å². The summed E-state index contributed by atoms with van der Waals surface area (Å²) in [5.74, 6) is 0. The molecule has 0 spiro atoms. The van der Waals surface area contributed by atoms with Crippen molar-refractivity contribution in [2.75, 3.05) is 0 Å². The summed E-state index contributed by atoms with van der Waals surface area (Å²) in [6, 6.07) is 2.02. The van der Waals surface area contributed by atoms with Gasteiger partial charge in [-0.15, -0.1) is 0 Å². The number of aryl methyl sites for hydroxylation is 1. The molecule has 0 amide bonds. The zero-order valence-corrected chi connectivity index (χ0v) is 10.4. The molecule has 2 aromatic rings. The Morgan fingerprint density at radius 3 is 2.69 bits per heavy atom. The Labute approximate surface area is 96.3 Å². The lowest BCUT2D eigenvalue weighted by atomic mass is 9.92. The molecule has 0 aromatic carbocycles. The topological polar surface area (TPSA) is 43.8 Å². The van der Waals surface area contributed by atoms with E-state index in [1.165, 1.54) is 10.9 Å². The molecule has 2 N–H and O–H groups in total. The second-order valence-electron chi connectivity index (χ2n) is 5.42. The maximum absolute atomic E-state index is 6.29. The van der Waals surface area contributed by atoms with Gasteiger partial charge in [0.25, 0.3) is 0 Å². The van der Waals surface area contributed by atoms with E-state index in [4.69, 9.17) is 5.73 Å². The molecule has 0 saturated heterocycles. The first-order chi connectivity index (χ1) is 7.41. The van der Waals surface area contributed by atoms with Crippen LogP contribution in [0.5, 0.6) is 0 Å². The molecule has 0 aliphatic heterocycles. The van der Waals surface area contributed by atoms with E-state index in [1.54, 1.807) is 0 Å². The van der Waals surface area contributed by atoms with Gasteiger partial charge in [0.1, 0.15) is 0 Å². The second-order valence-corrected chi connectivity index (χ2v) is 5.42. The van der Waals surface area contributed by atoms with Crippen LogP contribution in [0.15, 0.2) is 24.7 Å². The third kappa shape index (κ3) is 1.71. The van der Waals surface area contributed by atoms with Crippen LogP contribution in [0, 0.1) is 12.3 Å². The van der Waals surface area contributed by atoms with Crippen LogP contribution in [0.4, 0.5) is 0 Å². The Morgan fingerprint density at radius 1 is 1.38 bits per heavy atom. The van der Waals surface area contributed by atoms with Gasteiger partial charge >= 0.3 is 0 Å². The molecule has 16 heavy (non-hydrogen) atoms. The highest BCUT2D eigenvalue weighted by Crippen LogP contribution is 2.30. The minimum atomic E-state index is -0.0221. The van der Waals surface area contributed by atoms with Crippen molar-refractivity contribution in [3.8, 4) is 0 Å². The summed E-state index contributed by atoms with van der Waals surface area (Å²) in [6.07, 6.45) is 5.80. The Morgan fingerprint density at radius 2 is 2.06 bits per heavy atom. The van der Waals surface area contributed by atoms with Gasteiger partial charge in [-0.2, -0.15) is 0 Å². The van der Waals surface area contributed by atoms with E-state index in [0.717, 1.165) is 5.52 Å². The highest BCUT2D eigenvalue weighted by Gasteiger charge is 2.23. The predicted octanol–water partition coefficient (Wildman–Crippen LogP) is 2.85. The normalized spacial score (nSPS) is 14.3. The lowest BCUT2D eigenvalue weighted by Gasteiger charge is -2.29. The van der Waals surface area contributed by atoms with Crippen molar-refractivity contribution in [3.63, 3.8) is 0 Å². The lowest BCUT2D eigenvalue weighted by molar-refractivity contribution is 0.254. The van der Waals surface area contributed by atoms with Crippen molar-refractivity contribution >= 4 is 10.9 Å². The van der Waals surface area contributed by atoms with Crippen LogP contribution < -0.4 is 5.73 Å². The minimum absolute atomic E-state index is 0.0221. The number of nitrogens with zero attached hydrogens (tertiary/aromatic N) is 2. The fourth-order valence-corrected chi connectivity index (χ4v) is 1.91. The van der Waals surface area contributed by atoms with E-state index in [1.807, 2.05) is 18.5 Å². The van der Waals surface area contributed by atoms with Gasteiger partial charge in [-0.25, -0.2) is 0 Å². The molecule has 2 aromatic heterocycles. The van der Waals surface area contributed by atoms with Gasteiger partial charge in [0.15, 0.2) is 0 Å². The van der Waals surface area contributed by atoms with Crippen LogP contribution in [-0.2, 0) is 0 Å². The molecule has 3 nitrogen and oxygen atoms in total. The van der Waals surface area contributed by atoms with Gasteiger partial charge in [0.05, 0.1) is 11.7 Å². The lowest BCUT2D eigenvalue weighted by Crippen LogP contribution is -2.31. The Hall–Kier alpha value is -1.35. The molecule has 1 unspecified atom stereocenters. The van der Waals surface area contributed by atoms with Gasteiger partial charge < -0.3 is 10.3 Å². The van der Waals surface area contributed by atoms with Crippen LogP contribution in [0.3, 0.4) is 0 Å². The standard InChI is InChI=1S/C13H19N3/c1-9-8-16(12(14)13(2,3)4)11-5-6-15-7-10(9)11/h5-8,12H,14H2,1-4H3. The molecule has 2 rings (SSSR count). The number of aromatic nitrogens is 2. The monoisotopic (exact) mass is 217 g/mol. The van der Waals surface area contributed by atoms with Gasteiger partial charge in [-0.1, -0.05) is 20.8 Å². The second kappa shape index (κ2) is 3.59. The maximum atomic E-state index is 6.29. The number of nitrogens with two attached hydrogens (primary N) is 1. The van der Waals surface area contributed by atoms with E-state index in [0.29, 0.717) is 0 Å². The molecule has 0 radical (unpaired) electrons. The molecule has 0 aliphatic rings. The molecule has 3 heteroatoms. The van der Waals surface area contributed by atoms with Crippen molar-refractivity contribution in [2.24, 2.45) is 11.1 Å². The summed E-state index contributed by atoms with van der Waals surface area (Å²) in [7, 11) is 0. The largest absolute Gasteiger partial charge is 0.331 e. The summed E-state index contributed by atoms with van der Waals surface area (Å²) < 4.78 is 2.15. The van der Waals surface area contributed by atoms with Crippen molar-refractivity contribution in [1.29, 1.82) is 0 Å². The summed E-state index contributed by atoms with van der Waals surface area (Å²) in [4.78, 5) is 4.15. The van der Waals surface area contributed by atoms with Crippen LogP contribution in [0.2, 0.25) is 0 Å². The van der Waals surface area contributed by atoms with E-state index in [9.17, 15) is 0 Å². The van der Waals surface area contributed by atoms with E-state index >= 15 is 0 Å². The van der Waals surface area contributed by atoms with Gasteiger partial charge in [-0.05, 0) is 24.0 Å². The molecule has 0 bridgehead atoms. The molecule has 86 valence electrons. The average molecular weight is 217 g/mol. The maximum Gasteiger partial charge on any atom is 0.0863 e. The summed E-state index contributed by atoms with van der Waals surface area (Å²) in [5.41, 5.74) is 8.72. The third-order valence-corrected chi connectivity index (χ3v) is 3.02. The summed E-state index contributed by atoms with van der Waals surface area (Å²) >= 11 is 0. The van der Waals surface area contributed by atoms with Gasteiger partial charge in [-0.3, -0.25) is 4.98 Å². The van der Waals surface area contributed by atoms with E-state index in [-0.39, 0.29) is 11.6 Å². The van der Waals surface area contributed by atoms with Crippen LogP contribution >= 0.6 is 0 Å². The molecular weight excluding hydrogens is 198 g/mol. The molecule has 0 saturated carbocycles. The van der Waals surface area contributed by atoms with Crippen molar-refractivity contribution in [2.45, 2.75) is 33.9 Å². The van der Waals surface area contributed by atoms with Crippen molar-refractivity contribution in [3.05, 3.63) is 30.2 Å². The first kappa shape index (κ1) is 11.1. The predicted molar refractivity (Wildman–Crippen MR) is 67.1 cm³/mol. The molecule has 0 aliphatic carbocycles. The SMILES string of the molecule is Cc1cn(C(N)C(C)(C)C)c2ccncc12.